The van der Waals surface area contributed by atoms with Gasteiger partial charge in [0, 0.05) is 16.7 Å². The summed E-state index contributed by atoms with van der Waals surface area (Å²) in [5.41, 5.74) is 0.519. The van der Waals surface area contributed by atoms with Gasteiger partial charge in [0.1, 0.15) is 0 Å². The van der Waals surface area contributed by atoms with Crippen LogP contribution in [0.4, 0.5) is 5.69 Å². The van der Waals surface area contributed by atoms with Crippen molar-refractivity contribution in [3.05, 3.63) is 56.1 Å². The zero-order valence-electron chi connectivity index (χ0n) is 11.1. The molecule has 3 rings (SSSR count). The van der Waals surface area contributed by atoms with Crippen LogP contribution in [0.25, 0.3) is 5.69 Å². The largest absolute Gasteiger partial charge is 0.303 e. The quantitative estimate of drug-likeness (QED) is 0.476. The normalized spacial score (nSPS) is 10.7. The van der Waals surface area contributed by atoms with E-state index in [1.165, 1.54) is 16.9 Å². The second kappa shape index (κ2) is 6.60. The third kappa shape index (κ3) is 3.49. The second-order valence-electron chi connectivity index (χ2n) is 4.19. The molecule has 0 amide bonds. The van der Waals surface area contributed by atoms with Gasteiger partial charge in [-0.2, -0.15) is 4.68 Å². The molecule has 11 heteroatoms. The van der Waals surface area contributed by atoms with Crippen LogP contribution < -0.4 is 0 Å². The highest BCUT2D eigenvalue weighted by molar-refractivity contribution is 9.10. The van der Waals surface area contributed by atoms with Crippen molar-refractivity contribution in [3.8, 4) is 5.69 Å². The molecule has 2 aromatic heterocycles. The summed E-state index contributed by atoms with van der Waals surface area (Å²) in [5, 5.41) is 23.2. The number of nitrogens with zero attached hydrogens (tertiary/aromatic N) is 6. The van der Waals surface area contributed by atoms with Gasteiger partial charge in [-0.25, -0.2) is 4.98 Å². The molecule has 0 spiro atoms. The fraction of sp³-hybridized carbons (Fsp3) is 0. The summed E-state index contributed by atoms with van der Waals surface area (Å²) < 4.78 is 2.38. The van der Waals surface area contributed by atoms with E-state index in [2.05, 4.69) is 36.4 Å². The summed E-state index contributed by atoms with van der Waals surface area (Å²) >= 11 is 10.1. The standard InChI is InChI=1S/C12H6BrClN6O2S/c13-7-1-3-9(4-2-7)19-12(16-17-18-19)23-11-10(20(21)22)5-8(14)6-15-11/h1-6H. The highest BCUT2D eigenvalue weighted by Crippen LogP contribution is 2.33. The van der Waals surface area contributed by atoms with E-state index in [0.717, 1.165) is 21.9 Å². The van der Waals surface area contributed by atoms with Gasteiger partial charge in [0.15, 0.2) is 5.03 Å². The number of halogens is 2. The molecular weight excluding hydrogens is 408 g/mol. The zero-order chi connectivity index (χ0) is 16.4. The number of benzene rings is 1. The molecule has 0 aliphatic carbocycles. The Kier molecular flexibility index (Phi) is 4.55. The molecule has 0 aliphatic heterocycles. The number of tetrazole rings is 1. The SMILES string of the molecule is O=[N+]([O-])c1cc(Cl)cnc1Sc1nnnn1-c1ccc(Br)cc1. The number of hydrogen-bond acceptors (Lipinski definition) is 7. The Hall–Kier alpha value is -2.04. The van der Waals surface area contributed by atoms with Gasteiger partial charge in [-0.1, -0.05) is 27.5 Å². The average Bonchev–Trinajstić information content (AvgIpc) is 2.98. The number of pyridine rings is 1. The molecule has 116 valence electrons. The number of nitro groups is 1. The van der Waals surface area contributed by atoms with Crippen molar-refractivity contribution >= 4 is 45.0 Å². The van der Waals surface area contributed by atoms with E-state index in [4.69, 9.17) is 11.6 Å². The number of hydrogen-bond donors (Lipinski definition) is 0. The Balaban J connectivity index is 1.98. The first-order valence-electron chi connectivity index (χ1n) is 6.06. The molecule has 0 radical (unpaired) electrons. The Morgan fingerprint density at radius 2 is 2.04 bits per heavy atom. The fourth-order valence-electron chi connectivity index (χ4n) is 1.70. The summed E-state index contributed by atoms with van der Waals surface area (Å²) in [6.45, 7) is 0. The van der Waals surface area contributed by atoms with Crippen LogP contribution in [-0.4, -0.2) is 30.1 Å². The van der Waals surface area contributed by atoms with Gasteiger partial charge >= 0.3 is 5.69 Å². The Morgan fingerprint density at radius 1 is 1.30 bits per heavy atom. The topological polar surface area (TPSA) is 99.6 Å². The van der Waals surface area contributed by atoms with Crippen molar-refractivity contribution in [2.45, 2.75) is 10.2 Å². The van der Waals surface area contributed by atoms with Crippen molar-refractivity contribution in [2.75, 3.05) is 0 Å². The number of rotatable bonds is 4. The maximum atomic E-state index is 11.1. The molecule has 2 heterocycles. The lowest BCUT2D eigenvalue weighted by atomic mass is 10.3. The first-order chi connectivity index (χ1) is 11.0. The van der Waals surface area contributed by atoms with Crippen LogP contribution in [0.3, 0.4) is 0 Å². The summed E-state index contributed by atoms with van der Waals surface area (Å²) in [6, 6.07) is 8.55. The van der Waals surface area contributed by atoms with Crippen molar-refractivity contribution < 1.29 is 4.92 Å². The first-order valence-corrected chi connectivity index (χ1v) is 8.05. The molecule has 0 saturated heterocycles. The minimum atomic E-state index is -0.547. The smallest absolute Gasteiger partial charge is 0.258 e. The maximum Gasteiger partial charge on any atom is 0.303 e. The summed E-state index contributed by atoms with van der Waals surface area (Å²) in [4.78, 5) is 14.6. The lowest BCUT2D eigenvalue weighted by molar-refractivity contribution is -0.388. The molecule has 0 N–H and O–H groups in total. The average molecular weight is 414 g/mol. The molecule has 0 unspecified atom stereocenters. The van der Waals surface area contributed by atoms with Crippen LogP contribution in [0.1, 0.15) is 0 Å². The molecule has 3 aromatic rings. The Morgan fingerprint density at radius 3 is 2.74 bits per heavy atom. The highest BCUT2D eigenvalue weighted by Gasteiger charge is 2.20. The van der Waals surface area contributed by atoms with Gasteiger partial charge in [-0.05, 0) is 46.5 Å². The Labute approximate surface area is 147 Å². The van der Waals surface area contributed by atoms with Gasteiger partial charge in [0.05, 0.1) is 15.6 Å². The van der Waals surface area contributed by atoms with Gasteiger partial charge in [-0.3, -0.25) is 10.1 Å². The van der Waals surface area contributed by atoms with Crippen LogP contribution >= 0.6 is 39.3 Å². The third-order valence-corrected chi connectivity index (χ3v) is 4.38. The first kappa shape index (κ1) is 15.8. The molecule has 0 aliphatic rings. The fourth-order valence-corrected chi connectivity index (χ4v) is 2.94. The zero-order valence-corrected chi connectivity index (χ0v) is 14.3. The van der Waals surface area contributed by atoms with Gasteiger partial charge < -0.3 is 0 Å². The predicted molar refractivity (Wildman–Crippen MR) is 86.9 cm³/mol. The van der Waals surface area contributed by atoms with E-state index >= 15 is 0 Å². The molecule has 23 heavy (non-hydrogen) atoms. The monoisotopic (exact) mass is 412 g/mol. The second-order valence-corrected chi connectivity index (χ2v) is 6.49. The molecule has 0 saturated carbocycles. The molecule has 0 atom stereocenters. The lowest BCUT2D eigenvalue weighted by Gasteiger charge is -2.04. The van der Waals surface area contributed by atoms with Crippen LogP contribution in [0, 0.1) is 10.1 Å². The van der Waals surface area contributed by atoms with E-state index < -0.39 is 4.92 Å². The molecule has 0 fully saturated rings. The van der Waals surface area contributed by atoms with Gasteiger partial charge in [0.25, 0.3) is 0 Å². The highest BCUT2D eigenvalue weighted by atomic mass is 79.9. The van der Waals surface area contributed by atoms with E-state index in [-0.39, 0.29) is 15.7 Å². The van der Waals surface area contributed by atoms with Gasteiger partial charge in [-0.15, -0.1) is 5.10 Å². The summed E-state index contributed by atoms with van der Waals surface area (Å²) in [7, 11) is 0. The lowest BCUT2D eigenvalue weighted by Crippen LogP contribution is -2.00. The summed E-state index contributed by atoms with van der Waals surface area (Å²) in [6.07, 6.45) is 1.34. The van der Waals surface area contributed by atoms with E-state index in [0.29, 0.717) is 5.16 Å². The molecular formula is C12H6BrClN6O2S. The van der Waals surface area contributed by atoms with E-state index in [1.807, 2.05) is 24.3 Å². The van der Waals surface area contributed by atoms with Crippen LogP contribution in [-0.2, 0) is 0 Å². The van der Waals surface area contributed by atoms with Crippen molar-refractivity contribution in [3.63, 3.8) is 0 Å². The minimum Gasteiger partial charge on any atom is -0.258 e. The molecule has 8 nitrogen and oxygen atoms in total. The Bertz CT molecular complexity index is 872. The molecule has 1 aromatic carbocycles. The number of aromatic nitrogens is 5. The van der Waals surface area contributed by atoms with Crippen molar-refractivity contribution in [1.82, 2.24) is 25.2 Å². The third-order valence-electron chi connectivity index (χ3n) is 2.70. The summed E-state index contributed by atoms with van der Waals surface area (Å²) in [5.74, 6) is 0. The van der Waals surface area contributed by atoms with Crippen molar-refractivity contribution in [2.24, 2.45) is 0 Å². The molecule has 0 bridgehead atoms. The van der Waals surface area contributed by atoms with Gasteiger partial charge in [0.2, 0.25) is 5.16 Å². The minimum absolute atomic E-state index is 0.160. The van der Waals surface area contributed by atoms with Crippen LogP contribution in [0.15, 0.2) is 51.2 Å². The van der Waals surface area contributed by atoms with E-state index in [9.17, 15) is 10.1 Å². The van der Waals surface area contributed by atoms with Crippen molar-refractivity contribution in [1.29, 1.82) is 0 Å². The van der Waals surface area contributed by atoms with E-state index in [1.54, 1.807) is 0 Å². The van der Waals surface area contributed by atoms with Crippen LogP contribution in [0.5, 0.6) is 0 Å². The maximum absolute atomic E-state index is 11.1. The predicted octanol–water partition coefficient (Wildman–Crippen LogP) is 3.53. The van der Waals surface area contributed by atoms with Crippen LogP contribution in [0.2, 0.25) is 5.02 Å².